The SMILES string of the molecule is COc1ccc(-n2cnc3nc(C)cc(C)c3c2=O)cc1. The fourth-order valence-electron chi connectivity index (χ4n) is 2.39. The average molecular weight is 281 g/mol. The summed E-state index contributed by atoms with van der Waals surface area (Å²) in [6.07, 6.45) is 1.51. The van der Waals surface area contributed by atoms with Crippen molar-refractivity contribution in [1.82, 2.24) is 14.5 Å². The maximum Gasteiger partial charge on any atom is 0.267 e. The van der Waals surface area contributed by atoms with Crippen LogP contribution in [0.1, 0.15) is 11.3 Å². The van der Waals surface area contributed by atoms with Crippen molar-refractivity contribution in [2.45, 2.75) is 13.8 Å². The minimum absolute atomic E-state index is 0.116. The lowest BCUT2D eigenvalue weighted by atomic mass is 10.2. The molecular formula is C16H15N3O2. The molecule has 3 rings (SSSR count). The highest BCUT2D eigenvalue weighted by Crippen LogP contribution is 2.16. The van der Waals surface area contributed by atoms with E-state index >= 15 is 0 Å². The molecule has 0 atom stereocenters. The number of rotatable bonds is 2. The zero-order valence-electron chi connectivity index (χ0n) is 12.1. The van der Waals surface area contributed by atoms with E-state index in [0.717, 1.165) is 22.7 Å². The van der Waals surface area contributed by atoms with Crippen LogP contribution in [0.2, 0.25) is 0 Å². The fourth-order valence-corrected chi connectivity index (χ4v) is 2.39. The number of nitrogens with zero attached hydrogens (tertiary/aromatic N) is 3. The number of methoxy groups -OCH3 is 1. The Morgan fingerprint density at radius 2 is 1.86 bits per heavy atom. The molecule has 0 amide bonds. The number of pyridine rings is 1. The quantitative estimate of drug-likeness (QED) is 0.724. The van der Waals surface area contributed by atoms with Crippen LogP contribution in [-0.4, -0.2) is 21.6 Å². The number of fused-ring (bicyclic) bond motifs is 1. The van der Waals surface area contributed by atoms with Crippen LogP contribution >= 0.6 is 0 Å². The average Bonchev–Trinajstić information content (AvgIpc) is 2.47. The van der Waals surface area contributed by atoms with Gasteiger partial charge >= 0.3 is 0 Å². The Bertz CT molecular complexity index is 867. The van der Waals surface area contributed by atoms with Gasteiger partial charge in [0, 0.05) is 5.69 Å². The van der Waals surface area contributed by atoms with Crippen LogP contribution < -0.4 is 10.3 Å². The molecule has 0 aliphatic carbocycles. The van der Waals surface area contributed by atoms with Gasteiger partial charge in [0.05, 0.1) is 18.2 Å². The van der Waals surface area contributed by atoms with Crippen LogP contribution in [0, 0.1) is 13.8 Å². The first kappa shape index (κ1) is 13.3. The van der Waals surface area contributed by atoms with Crippen molar-refractivity contribution in [2.75, 3.05) is 7.11 Å². The Morgan fingerprint density at radius 3 is 2.52 bits per heavy atom. The van der Waals surface area contributed by atoms with Gasteiger partial charge in [-0.2, -0.15) is 0 Å². The lowest BCUT2D eigenvalue weighted by molar-refractivity contribution is 0.414. The molecule has 3 aromatic rings. The topological polar surface area (TPSA) is 57.0 Å². The molecule has 0 aliphatic heterocycles. The van der Waals surface area contributed by atoms with E-state index in [0.29, 0.717) is 11.0 Å². The van der Waals surface area contributed by atoms with Crippen LogP contribution in [0.4, 0.5) is 0 Å². The summed E-state index contributed by atoms with van der Waals surface area (Å²) in [5.41, 5.74) is 2.86. The number of hydrogen-bond acceptors (Lipinski definition) is 4. The van der Waals surface area contributed by atoms with E-state index in [1.165, 1.54) is 10.9 Å². The second kappa shape index (κ2) is 5.01. The van der Waals surface area contributed by atoms with Crippen LogP contribution in [0.5, 0.6) is 5.75 Å². The normalized spacial score (nSPS) is 10.8. The maximum atomic E-state index is 12.7. The van der Waals surface area contributed by atoms with E-state index in [2.05, 4.69) is 9.97 Å². The molecule has 0 saturated carbocycles. The summed E-state index contributed by atoms with van der Waals surface area (Å²) in [5, 5.41) is 0.555. The van der Waals surface area contributed by atoms with Crippen LogP contribution in [0.15, 0.2) is 41.5 Å². The summed E-state index contributed by atoms with van der Waals surface area (Å²) in [5.74, 6) is 0.744. The summed E-state index contributed by atoms with van der Waals surface area (Å²) in [7, 11) is 1.61. The molecule has 5 heteroatoms. The minimum Gasteiger partial charge on any atom is -0.497 e. The summed E-state index contributed by atoms with van der Waals surface area (Å²) in [6.45, 7) is 3.79. The number of aromatic nitrogens is 3. The molecule has 21 heavy (non-hydrogen) atoms. The van der Waals surface area contributed by atoms with E-state index < -0.39 is 0 Å². The van der Waals surface area contributed by atoms with Gasteiger partial charge in [0.1, 0.15) is 12.1 Å². The number of benzene rings is 1. The summed E-state index contributed by atoms with van der Waals surface area (Å²) < 4.78 is 6.64. The molecular weight excluding hydrogens is 266 g/mol. The monoisotopic (exact) mass is 281 g/mol. The summed E-state index contributed by atoms with van der Waals surface area (Å²) in [6, 6.07) is 9.16. The Balaban J connectivity index is 2.24. The first-order valence-electron chi connectivity index (χ1n) is 6.60. The number of ether oxygens (including phenoxy) is 1. The van der Waals surface area contributed by atoms with Gasteiger partial charge in [0.25, 0.3) is 5.56 Å². The first-order chi connectivity index (χ1) is 10.1. The van der Waals surface area contributed by atoms with Crippen LogP contribution in [0.3, 0.4) is 0 Å². The third-order valence-corrected chi connectivity index (χ3v) is 3.40. The van der Waals surface area contributed by atoms with Gasteiger partial charge in [-0.25, -0.2) is 9.97 Å². The second-order valence-electron chi connectivity index (χ2n) is 4.90. The summed E-state index contributed by atoms with van der Waals surface area (Å²) >= 11 is 0. The molecule has 0 bridgehead atoms. The smallest absolute Gasteiger partial charge is 0.267 e. The lowest BCUT2D eigenvalue weighted by Gasteiger charge is -2.09. The highest BCUT2D eigenvalue weighted by molar-refractivity contribution is 5.77. The van der Waals surface area contributed by atoms with Crippen molar-refractivity contribution in [2.24, 2.45) is 0 Å². The molecule has 2 aromatic heterocycles. The van der Waals surface area contributed by atoms with Crippen molar-refractivity contribution in [3.63, 3.8) is 0 Å². The molecule has 106 valence electrons. The van der Waals surface area contributed by atoms with Gasteiger partial charge in [-0.15, -0.1) is 0 Å². The predicted molar refractivity (Wildman–Crippen MR) is 81.2 cm³/mol. The molecule has 1 aromatic carbocycles. The van der Waals surface area contributed by atoms with Crippen molar-refractivity contribution < 1.29 is 4.74 Å². The third-order valence-electron chi connectivity index (χ3n) is 3.40. The van der Waals surface area contributed by atoms with Crippen LogP contribution in [0.25, 0.3) is 16.7 Å². The van der Waals surface area contributed by atoms with Gasteiger partial charge in [-0.3, -0.25) is 9.36 Å². The minimum atomic E-state index is -0.116. The standard InChI is InChI=1S/C16H15N3O2/c1-10-8-11(2)18-15-14(10)16(20)19(9-17-15)12-4-6-13(21-3)7-5-12/h4-9H,1-3H3. The predicted octanol–water partition coefficient (Wildman–Crippen LogP) is 2.41. The fraction of sp³-hybridized carbons (Fsp3) is 0.188. The van der Waals surface area contributed by atoms with E-state index in [-0.39, 0.29) is 5.56 Å². The molecule has 0 N–H and O–H groups in total. The highest BCUT2D eigenvalue weighted by Gasteiger charge is 2.10. The molecule has 0 fully saturated rings. The molecule has 0 unspecified atom stereocenters. The molecule has 0 saturated heterocycles. The van der Waals surface area contributed by atoms with Gasteiger partial charge in [-0.05, 0) is 49.7 Å². The van der Waals surface area contributed by atoms with Crippen molar-refractivity contribution in [1.29, 1.82) is 0 Å². The van der Waals surface area contributed by atoms with Crippen molar-refractivity contribution >= 4 is 11.0 Å². The first-order valence-corrected chi connectivity index (χ1v) is 6.60. The molecule has 0 radical (unpaired) electrons. The zero-order chi connectivity index (χ0) is 15.0. The second-order valence-corrected chi connectivity index (χ2v) is 4.90. The summed E-state index contributed by atoms with van der Waals surface area (Å²) in [4.78, 5) is 21.3. The highest BCUT2D eigenvalue weighted by atomic mass is 16.5. The van der Waals surface area contributed by atoms with E-state index in [9.17, 15) is 4.79 Å². The van der Waals surface area contributed by atoms with Gasteiger partial charge in [-0.1, -0.05) is 0 Å². The van der Waals surface area contributed by atoms with Gasteiger partial charge in [0.2, 0.25) is 0 Å². The van der Waals surface area contributed by atoms with E-state index in [1.54, 1.807) is 7.11 Å². The van der Waals surface area contributed by atoms with E-state index in [4.69, 9.17) is 4.74 Å². The largest absolute Gasteiger partial charge is 0.497 e. The van der Waals surface area contributed by atoms with Crippen molar-refractivity contribution in [3.8, 4) is 11.4 Å². The molecule has 0 spiro atoms. The molecule has 5 nitrogen and oxygen atoms in total. The lowest BCUT2D eigenvalue weighted by Crippen LogP contribution is -2.20. The Kier molecular flexibility index (Phi) is 3.17. The van der Waals surface area contributed by atoms with Crippen LogP contribution in [-0.2, 0) is 0 Å². The van der Waals surface area contributed by atoms with E-state index in [1.807, 2.05) is 44.2 Å². The number of aryl methyl sites for hydroxylation is 2. The zero-order valence-corrected chi connectivity index (χ0v) is 12.1. The Labute approximate surface area is 121 Å². The Hall–Kier alpha value is -2.69. The van der Waals surface area contributed by atoms with Crippen molar-refractivity contribution in [3.05, 3.63) is 58.3 Å². The molecule has 0 aliphatic rings. The molecule has 2 heterocycles. The van der Waals surface area contributed by atoms with Gasteiger partial charge in [0.15, 0.2) is 5.65 Å². The maximum absolute atomic E-state index is 12.7. The van der Waals surface area contributed by atoms with Gasteiger partial charge < -0.3 is 4.74 Å². The number of hydrogen-bond donors (Lipinski definition) is 0. The third kappa shape index (κ3) is 2.27. The Morgan fingerprint density at radius 1 is 1.14 bits per heavy atom.